The Kier molecular flexibility index (Phi) is 3.66. The van der Waals surface area contributed by atoms with Gasteiger partial charge < -0.3 is 10.4 Å². The van der Waals surface area contributed by atoms with Crippen molar-refractivity contribution in [2.75, 3.05) is 6.54 Å². The monoisotopic (exact) mass is 197 g/mol. The Labute approximate surface area is 80.3 Å². The van der Waals surface area contributed by atoms with Gasteiger partial charge in [-0.3, -0.25) is 14.7 Å². The van der Waals surface area contributed by atoms with Gasteiger partial charge in [-0.05, 0) is 12.5 Å². The third-order valence-corrected chi connectivity index (χ3v) is 1.60. The summed E-state index contributed by atoms with van der Waals surface area (Å²) in [6.07, 6.45) is 1.96. The van der Waals surface area contributed by atoms with Crippen LogP contribution >= 0.6 is 0 Å². The van der Waals surface area contributed by atoms with E-state index in [1.807, 2.05) is 0 Å². The maximum absolute atomic E-state index is 11.2. The number of hydrogen-bond donors (Lipinski definition) is 3. The Morgan fingerprint density at radius 3 is 2.93 bits per heavy atom. The second kappa shape index (κ2) is 5.00. The first-order valence-electron chi connectivity index (χ1n) is 4.19. The number of nitrogens with zero attached hydrogens (tertiary/aromatic N) is 1. The molecule has 6 nitrogen and oxygen atoms in total. The van der Waals surface area contributed by atoms with Gasteiger partial charge in [0.05, 0.1) is 0 Å². The molecule has 0 radical (unpaired) electrons. The fourth-order valence-electron chi connectivity index (χ4n) is 0.919. The summed E-state index contributed by atoms with van der Waals surface area (Å²) in [6.45, 7) is 0.351. The van der Waals surface area contributed by atoms with Crippen molar-refractivity contribution >= 4 is 11.9 Å². The van der Waals surface area contributed by atoms with Crippen molar-refractivity contribution in [1.82, 2.24) is 15.5 Å². The van der Waals surface area contributed by atoms with Crippen LogP contribution in [0.2, 0.25) is 0 Å². The van der Waals surface area contributed by atoms with Crippen molar-refractivity contribution in [2.24, 2.45) is 0 Å². The summed E-state index contributed by atoms with van der Waals surface area (Å²) < 4.78 is 0. The molecule has 14 heavy (non-hydrogen) atoms. The fourth-order valence-corrected chi connectivity index (χ4v) is 0.919. The number of H-pyrrole nitrogens is 1. The van der Waals surface area contributed by atoms with Gasteiger partial charge in [0.15, 0.2) is 0 Å². The number of aliphatic carboxylic acids is 1. The van der Waals surface area contributed by atoms with Gasteiger partial charge in [0.2, 0.25) is 0 Å². The van der Waals surface area contributed by atoms with E-state index in [9.17, 15) is 9.59 Å². The Bertz CT molecular complexity index is 308. The predicted molar refractivity (Wildman–Crippen MR) is 47.8 cm³/mol. The molecule has 76 valence electrons. The van der Waals surface area contributed by atoms with Gasteiger partial charge in [0.25, 0.3) is 5.91 Å². The molecule has 0 saturated heterocycles. The third-order valence-electron chi connectivity index (χ3n) is 1.60. The molecule has 0 aliphatic heterocycles. The lowest BCUT2D eigenvalue weighted by Crippen LogP contribution is -2.25. The lowest BCUT2D eigenvalue weighted by molar-refractivity contribution is -0.137. The summed E-state index contributed by atoms with van der Waals surface area (Å²) in [5, 5.41) is 17.0. The minimum Gasteiger partial charge on any atom is -0.481 e. The van der Waals surface area contributed by atoms with Crippen LogP contribution < -0.4 is 5.32 Å². The lowest BCUT2D eigenvalue weighted by atomic mass is 10.3. The van der Waals surface area contributed by atoms with E-state index in [0.29, 0.717) is 18.7 Å². The summed E-state index contributed by atoms with van der Waals surface area (Å²) >= 11 is 0. The van der Waals surface area contributed by atoms with Crippen LogP contribution in [0.25, 0.3) is 0 Å². The average Bonchev–Trinajstić information content (AvgIpc) is 2.64. The van der Waals surface area contributed by atoms with Crippen LogP contribution in [0.4, 0.5) is 0 Å². The molecule has 6 heteroatoms. The maximum atomic E-state index is 11.2. The van der Waals surface area contributed by atoms with Crippen molar-refractivity contribution in [3.05, 3.63) is 18.0 Å². The van der Waals surface area contributed by atoms with Crippen molar-refractivity contribution < 1.29 is 14.7 Å². The average molecular weight is 197 g/mol. The van der Waals surface area contributed by atoms with Crippen molar-refractivity contribution in [3.63, 3.8) is 0 Å². The van der Waals surface area contributed by atoms with Crippen LogP contribution in [-0.4, -0.2) is 33.7 Å². The summed E-state index contributed by atoms with van der Waals surface area (Å²) in [5.41, 5.74) is 0.375. The molecule has 0 aliphatic carbocycles. The summed E-state index contributed by atoms with van der Waals surface area (Å²) in [6, 6.07) is 1.55. The Hall–Kier alpha value is -1.85. The van der Waals surface area contributed by atoms with Gasteiger partial charge in [-0.25, -0.2) is 0 Å². The number of hydrogen-bond acceptors (Lipinski definition) is 3. The van der Waals surface area contributed by atoms with Crippen molar-refractivity contribution in [1.29, 1.82) is 0 Å². The topological polar surface area (TPSA) is 95.1 Å². The first-order valence-corrected chi connectivity index (χ1v) is 4.19. The molecule has 1 heterocycles. The van der Waals surface area contributed by atoms with E-state index >= 15 is 0 Å². The number of carboxylic acid groups (broad SMARTS) is 1. The normalized spacial score (nSPS) is 9.71. The number of carbonyl (C=O) groups is 2. The molecule has 0 atom stereocenters. The minimum absolute atomic E-state index is 0.0588. The smallest absolute Gasteiger partial charge is 0.303 e. The van der Waals surface area contributed by atoms with Crippen molar-refractivity contribution in [2.45, 2.75) is 12.8 Å². The summed E-state index contributed by atoms with van der Waals surface area (Å²) in [5.74, 6) is -1.13. The molecule has 0 spiro atoms. The van der Waals surface area contributed by atoms with E-state index in [0.717, 1.165) is 0 Å². The first-order chi connectivity index (χ1) is 6.70. The van der Waals surface area contributed by atoms with Crippen LogP contribution in [0.3, 0.4) is 0 Å². The molecule has 0 aliphatic rings. The molecule has 0 aromatic carbocycles. The minimum atomic E-state index is -0.860. The zero-order valence-corrected chi connectivity index (χ0v) is 7.49. The van der Waals surface area contributed by atoms with Gasteiger partial charge in [0, 0.05) is 19.2 Å². The van der Waals surface area contributed by atoms with Crippen LogP contribution in [-0.2, 0) is 4.79 Å². The number of nitrogens with one attached hydrogen (secondary N) is 2. The quantitative estimate of drug-likeness (QED) is 0.579. The van der Waals surface area contributed by atoms with Crippen LogP contribution in [0, 0.1) is 0 Å². The fraction of sp³-hybridized carbons (Fsp3) is 0.375. The van der Waals surface area contributed by atoms with E-state index in [1.54, 1.807) is 6.07 Å². The number of rotatable bonds is 5. The van der Waals surface area contributed by atoms with Gasteiger partial charge in [-0.1, -0.05) is 0 Å². The molecular weight excluding hydrogens is 186 g/mol. The van der Waals surface area contributed by atoms with Crippen LogP contribution in [0.5, 0.6) is 0 Å². The molecule has 0 unspecified atom stereocenters. The van der Waals surface area contributed by atoms with Gasteiger partial charge in [-0.15, -0.1) is 0 Å². The predicted octanol–water partition coefficient (Wildman–Crippen LogP) is 0.00430. The standard InChI is InChI=1S/C8H11N3O3/c12-7(13)2-1-4-9-8(14)6-3-5-10-11-6/h3,5H,1-2,4H2,(H,9,14)(H,10,11)(H,12,13). The third kappa shape index (κ3) is 3.26. The molecular formula is C8H11N3O3. The number of carboxylic acids is 1. The molecule has 1 rings (SSSR count). The molecule has 1 amide bonds. The Morgan fingerprint density at radius 2 is 2.36 bits per heavy atom. The first kappa shape index (κ1) is 10.2. The van der Waals surface area contributed by atoms with Gasteiger partial charge in [0.1, 0.15) is 5.69 Å². The number of amides is 1. The maximum Gasteiger partial charge on any atom is 0.303 e. The summed E-state index contributed by atoms with van der Waals surface area (Å²) in [4.78, 5) is 21.4. The highest BCUT2D eigenvalue weighted by Crippen LogP contribution is 1.92. The number of aromatic amines is 1. The van der Waals surface area contributed by atoms with Gasteiger partial charge >= 0.3 is 5.97 Å². The van der Waals surface area contributed by atoms with E-state index in [2.05, 4.69) is 15.5 Å². The molecule has 0 saturated carbocycles. The molecule has 0 fully saturated rings. The highest BCUT2D eigenvalue weighted by atomic mass is 16.4. The van der Waals surface area contributed by atoms with Crippen LogP contribution in [0.15, 0.2) is 12.3 Å². The molecule has 1 aromatic rings. The van der Waals surface area contributed by atoms with Crippen LogP contribution in [0.1, 0.15) is 23.3 Å². The van der Waals surface area contributed by atoms with E-state index in [-0.39, 0.29) is 12.3 Å². The zero-order chi connectivity index (χ0) is 10.4. The highest BCUT2D eigenvalue weighted by Gasteiger charge is 2.05. The molecule has 1 aromatic heterocycles. The second-order valence-corrected chi connectivity index (χ2v) is 2.72. The highest BCUT2D eigenvalue weighted by molar-refractivity contribution is 5.92. The molecule has 0 bridgehead atoms. The summed E-state index contributed by atoms with van der Waals surface area (Å²) in [7, 11) is 0. The molecule has 3 N–H and O–H groups in total. The van der Waals surface area contributed by atoms with E-state index in [4.69, 9.17) is 5.11 Å². The Morgan fingerprint density at radius 1 is 1.57 bits per heavy atom. The van der Waals surface area contributed by atoms with Gasteiger partial charge in [-0.2, -0.15) is 5.10 Å². The van der Waals surface area contributed by atoms with E-state index < -0.39 is 5.97 Å². The van der Waals surface area contributed by atoms with Crippen molar-refractivity contribution in [3.8, 4) is 0 Å². The lowest BCUT2D eigenvalue weighted by Gasteiger charge is -2.00. The largest absolute Gasteiger partial charge is 0.481 e. The zero-order valence-electron chi connectivity index (χ0n) is 7.49. The SMILES string of the molecule is O=C(O)CCCNC(=O)c1ccn[nH]1. The Balaban J connectivity index is 2.19. The second-order valence-electron chi connectivity index (χ2n) is 2.72. The van der Waals surface area contributed by atoms with E-state index in [1.165, 1.54) is 6.20 Å². The number of aromatic nitrogens is 2. The number of carbonyl (C=O) groups excluding carboxylic acids is 1.